The van der Waals surface area contributed by atoms with Crippen molar-refractivity contribution in [3.05, 3.63) is 34.3 Å². The van der Waals surface area contributed by atoms with E-state index in [-0.39, 0.29) is 12.2 Å². The van der Waals surface area contributed by atoms with E-state index in [1.807, 2.05) is 0 Å². The fourth-order valence-electron chi connectivity index (χ4n) is 1.71. The second-order valence-corrected chi connectivity index (χ2v) is 9.44. The van der Waals surface area contributed by atoms with Gasteiger partial charge in [-0.15, -0.1) is 0 Å². The molecule has 0 aliphatic rings. The molecule has 0 saturated heterocycles. The molecule has 0 aliphatic heterocycles. The zero-order valence-electron chi connectivity index (χ0n) is 11.8. The topological polar surface area (TPSA) is 71.4 Å². The molecular weight excluding hydrogens is 344 g/mol. The number of sulfone groups is 1. The number of benzene rings is 1. The molecule has 1 aromatic carbocycles. The van der Waals surface area contributed by atoms with E-state index in [9.17, 15) is 18.3 Å². The molecule has 0 saturated carbocycles. The van der Waals surface area contributed by atoms with Crippen LogP contribution in [0.3, 0.4) is 0 Å². The van der Waals surface area contributed by atoms with E-state index in [0.29, 0.717) is 5.56 Å². The van der Waals surface area contributed by atoms with Gasteiger partial charge in [0, 0.05) is 4.47 Å². The van der Waals surface area contributed by atoms with E-state index < -0.39 is 26.5 Å². The van der Waals surface area contributed by atoms with Crippen molar-refractivity contribution in [1.82, 2.24) is 0 Å². The first-order valence-corrected chi connectivity index (χ1v) is 8.70. The second kappa shape index (κ2) is 6.26. The lowest BCUT2D eigenvalue weighted by Gasteiger charge is -2.20. The van der Waals surface area contributed by atoms with Crippen LogP contribution in [0.1, 0.15) is 38.7 Å². The van der Waals surface area contributed by atoms with Crippen molar-refractivity contribution in [1.29, 1.82) is 0 Å². The molecule has 1 atom stereocenters. The minimum atomic E-state index is -3.32. The summed E-state index contributed by atoms with van der Waals surface area (Å²) in [7, 11) is -3.32. The number of aliphatic carboxylic acids is 1. The molecule has 0 aromatic heterocycles. The molecule has 1 rings (SSSR count). The van der Waals surface area contributed by atoms with Crippen LogP contribution >= 0.6 is 15.9 Å². The maximum Gasteiger partial charge on any atom is 0.311 e. The fraction of sp³-hybridized carbons (Fsp3) is 0.500. The van der Waals surface area contributed by atoms with Crippen LogP contribution in [0.5, 0.6) is 0 Å². The molecule has 0 fully saturated rings. The number of rotatable bonds is 5. The predicted octanol–water partition coefficient (Wildman–Crippen LogP) is 3.22. The summed E-state index contributed by atoms with van der Waals surface area (Å²) in [6, 6.07) is 6.91. The molecule has 1 aromatic rings. The summed E-state index contributed by atoms with van der Waals surface area (Å²) in [5, 5.41) is 9.29. The van der Waals surface area contributed by atoms with Gasteiger partial charge in [0.1, 0.15) is 0 Å². The van der Waals surface area contributed by atoms with Gasteiger partial charge in [-0.2, -0.15) is 0 Å². The highest BCUT2D eigenvalue weighted by Crippen LogP contribution is 2.25. The van der Waals surface area contributed by atoms with E-state index in [4.69, 9.17) is 0 Å². The molecular formula is C14H19BrO4S. The molecule has 20 heavy (non-hydrogen) atoms. The Morgan fingerprint density at radius 1 is 1.25 bits per heavy atom. The minimum Gasteiger partial charge on any atom is -0.481 e. The summed E-state index contributed by atoms with van der Waals surface area (Å²) in [5.74, 6) is -1.94. The molecule has 0 heterocycles. The highest BCUT2D eigenvalue weighted by molar-refractivity contribution is 9.10. The van der Waals surface area contributed by atoms with Crippen molar-refractivity contribution in [3.63, 3.8) is 0 Å². The molecule has 0 spiro atoms. The van der Waals surface area contributed by atoms with E-state index in [0.717, 1.165) is 4.47 Å². The number of carboxylic acids is 1. The summed E-state index contributed by atoms with van der Waals surface area (Å²) >= 11 is 3.29. The smallest absolute Gasteiger partial charge is 0.311 e. The number of halogens is 1. The van der Waals surface area contributed by atoms with Crippen LogP contribution in [0.15, 0.2) is 28.7 Å². The third kappa shape index (κ3) is 4.31. The summed E-state index contributed by atoms with van der Waals surface area (Å²) in [6.07, 6.45) is 0.0799. The first-order chi connectivity index (χ1) is 9.04. The Hall–Kier alpha value is -0.880. The Labute approximate surface area is 128 Å². The molecule has 0 radical (unpaired) electrons. The summed E-state index contributed by atoms with van der Waals surface area (Å²) in [5.41, 5.74) is 0.616. The average molecular weight is 363 g/mol. The molecule has 6 heteroatoms. The highest BCUT2D eigenvalue weighted by Gasteiger charge is 2.31. The summed E-state index contributed by atoms with van der Waals surface area (Å²) in [4.78, 5) is 11.3. The molecule has 0 aliphatic carbocycles. The minimum absolute atomic E-state index is 0.0799. The van der Waals surface area contributed by atoms with Crippen LogP contribution in [0.25, 0.3) is 0 Å². The van der Waals surface area contributed by atoms with Crippen molar-refractivity contribution in [3.8, 4) is 0 Å². The first kappa shape index (κ1) is 17.2. The lowest BCUT2D eigenvalue weighted by atomic mass is 9.97. The van der Waals surface area contributed by atoms with Gasteiger partial charge in [0.2, 0.25) is 0 Å². The quantitative estimate of drug-likeness (QED) is 0.872. The molecule has 0 bridgehead atoms. The van der Waals surface area contributed by atoms with Crippen LogP contribution in [0.2, 0.25) is 0 Å². The molecule has 1 unspecified atom stereocenters. The Balaban J connectivity index is 2.91. The Bertz CT molecular complexity index is 570. The molecule has 1 N–H and O–H groups in total. The van der Waals surface area contributed by atoms with Crippen LogP contribution < -0.4 is 0 Å². The van der Waals surface area contributed by atoms with Crippen LogP contribution in [0.4, 0.5) is 0 Å². The zero-order valence-corrected chi connectivity index (χ0v) is 14.2. The monoisotopic (exact) mass is 362 g/mol. The molecule has 4 nitrogen and oxygen atoms in total. The number of hydrogen-bond acceptors (Lipinski definition) is 3. The first-order valence-electron chi connectivity index (χ1n) is 6.25. The van der Waals surface area contributed by atoms with Gasteiger partial charge in [-0.05, 0) is 44.9 Å². The lowest BCUT2D eigenvalue weighted by molar-refractivity contribution is -0.138. The van der Waals surface area contributed by atoms with Gasteiger partial charge in [-0.25, -0.2) is 8.42 Å². The van der Waals surface area contributed by atoms with E-state index in [1.165, 1.54) is 0 Å². The second-order valence-electron chi connectivity index (χ2n) is 5.66. The maximum atomic E-state index is 12.1. The van der Waals surface area contributed by atoms with Crippen LogP contribution in [-0.4, -0.2) is 30.0 Å². The van der Waals surface area contributed by atoms with Crippen molar-refractivity contribution in [2.24, 2.45) is 0 Å². The van der Waals surface area contributed by atoms with Gasteiger partial charge in [0.05, 0.1) is 16.4 Å². The SMILES string of the molecule is CC(C)(C)S(=O)(=O)CCC(C(=O)O)c1ccc(Br)cc1. The third-order valence-electron chi connectivity index (χ3n) is 3.18. The Morgan fingerprint density at radius 3 is 2.15 bits per heavy atom. The van der Waals surface area contributed by atoms with E-state index >= 15 is 0 Å². The van der Waals surface area contributed by atoms with Gasteiger partial charge < -0.3 is 5.11 Å². The van der Waals surface area contributed by atoms with Gasteiger partial charge in [0.25, 0.3) is 0 Å². The predicted molar refractivity (Wildman–Crippen MR) is 82.7 cm³/mol. The third-order valence-corrected chi connectivity index (χ3v) is 6.35. The molecule has 0 amide bonds. The van der Waals surface area contributed by atoms with Crippen molar-refractivity contribution < 1.29 is 18.3 Å². The zero-order chi connectivity index (χ0) is 15.6. The van der Waals surface area contributed by atoms with E-state index in [1.54, 1.807) is 45.0 Å². The maximum absolute atomic E-state index is 12.1. The number of carboxylic acid groups (broad SMARTS) is 1. The van der Waals surface area contributed by atoms with E-state index in [2.05, 4.69) is 15.9 Å². The Morgan fingerprint density at radius 2 is 1.75 bits per heavy atom. The number of carbonyl (C=O) groups is 1. The van der Waals surface area contributed by atoms with Gasteiger partial charge in [0.15, 0.2) is 9.84 Å². The summed E-state index contributed by atoms with van der Waals surface area (Å²) in [6.45, 7) is 4.87. The molecule has 112 valence electrons. The lowest BCUT2D eigenvalue weighted by Crippen LogP contribution is -2.31. The van der Waals surface area contributed by atoms with Gasteiger partial charge >= 0.3 is 5.97 Å². The van der Waals surface area contributed by atoms with Crippen LogP contribution in [-0.2, 0) is 14.6 Å². The van der Waals surface area contributed by atoms with Crippen molar-refractivity contribution >= 4 is 31.7 Å². The number of hydrogen-bond donors (Lipinski definition) is 1. The fourth-order valence-corrected chi connectivity index (χ4v) is 3.13. The van der Waals surface area contributed by atoms with Gasteiger partial charge in [-0.3, -0.25) is 4.79 Å². The largest absolute Gasteiger partial charge is 0.481 e. The highest BCUT2D eigenvalue weighted by atomic mass is 79.9. The normalized spacial score (nSPS) is 14.0. The standard InChI is InChI=1S/C14H19BrO4S/c1-14(2,3)20(18,19)9-8-12(13(16)17)10-4-6-11(15)7-5-10/h4-7,12H,8-9H2,1-3H3,(H,16,17). The average Bonchev–Trinajstić information content (AvgIpc) is 2.29. The van der Waals surface area contributed by atoms with Crippen molar-refractivity contribution in [2.45, 2.75) is 37.9 Å². The van der Waals surface area contributed by atoms with Gasteiger partial charge in [-0.1, -0.05) is 28.1 Å². The van der Waals surface area contributed by atoms with Crippen LogP contribution in [0, 0.1) is 0 Å². The Kier molecular flexibility index (Phi) is 5.38. The summed E-state index contributed by atoms with van der Waals surface area (Å²) < 4.78 is 24.1. The van der Waals surface area contributed by atoms with Crippen molar-refractivity contribution in [2.75, 3.05) is 5.75 Å².